The number of carbonyl (C=O) groups is 2. The standard InChI is InChI=1S/C14H18N2O2/c1-5-16-11-9-7-6-8-10(11)15(4)12(17)14(2,3)13(16)18/h6-9H,5H2,1-4H3. The number of rotatable bonds is 1. The van der Waals surface area contributed by atoms with Crippen molar-refractivity contribution in [2.45, 2.75) is 20.8 Å². The highest BCUT2D eigenvalue weighted by atomic mass is 16.2. The van der Waals surface area contributed by atoms with Gasteiger partial charge in [-0.15, -0.1) is 0 Å². The highest BCUT2D eigenvalue weighted by molar-refractivity contribution is 6.19. The number of fused-ring (bicyclic) bond motifs is 1. The molecule has 2 rings (SSSR count). The van der Waals surface area contributed by atoms with Gasteiger partial charge in [0.2, 0.25) is 11.8 Å². The van der Waals surface area contributed by atoms with Crippen LogP contribution in [0.15, 0.2) is 24.3 Å². The summed E-state index contributed by atoms with van der Waals surface area (Å²) in [5.74, 6) is -0.317. The molecule has 0 spiro atoms. The first-order valence-corrected chi connectivity index (χ1v) is 6.10. The van der Waals surface area contributed by atoms with Crippen molar-refractivity contribution in [3.8, 4) is 0 Å². The molecule has 0 unspecified atom stereocenters. The van der Waals surface area contributed by atoms with E-state index < -0.39 is 5.41 Å². The predicted octanol–water partition coefficient (Wildman–Crippen LogP) is 2.04. The number of anilines is 2. The third-order valence-corrected chi connectivity index (χ3v) is 3.47. The molecule has 1 heterocycles. The van der Waals surface area contributed by atoms with Crippen molar-refractivity contribution in [2.24, 2.45) is 5.41 Å². The van der Waals surface area contributed by atoms with Gasteiger partial charge < -0.3 is 9.80 Å². The Bertz CT molecular complexity index is 508. The number of hydrogen-bond donors (Lipinski definition) is 0. The number of amides is 2. The average molecular weight is 246 g/mol. The average Bonchev–Trinajstić information content (AvgIpc) is 2.42. The lowest BCUT2D eigenvalue weighted by atomic mass is 9.90. The molecule has 0 atom stereocenters. The van der Waals surface area contributed by atoms with Crippen molar-refractivity contribution in [2.75, 3.05) is 23.4 Å². The molecule has 1 aromatic carbocycles. The largest absolute Gasteiger partial charge is 0.313 e. The van der Waals surface area contributed by atoms with Crippen molar-refractivity contribution in [1.82, 2.24) is 0 Å². The molecule has 4 heteroatoms. The second kappa shape index (κ2) is 4.12. The Morgan fingerprint density at radius 2 is 1.61 bits per heavy atom. The Hall–Kier alpha value is -1.84. The highest BCUT2D eigenvalue weighted by Gasteiger charge is 2.44. The van der Waals surface area contributed by atoms with Crippen molar-refractivity contribution in [1.29, 1.82) is 0 Å². The lowest BCUT2D eigenvalue weighted by molar-refractivity contribution is -0.137. The molecule has 0 saturated heterocycles. The van der Waals surface area contributed by atoms with E-state index in [0.29, 0.717) is 6.54 Å². The van der Waals surface area contributed by atoms with Gasteiger partial charge in [-0.05, 0) is 32.9 Å². The Kier molecular flexibility index (Phi) is 2.89. The maximum absolute atomic E-state index is 12.5. The van der Waals surface area contributed by atoms with E-state index in [0.717, 1.165) is 11.4 Å². The topological polar surface area (TPSA) is 40.6 Å². The van der Waals surface area contributed by atoms with Crippen LogP contribution in [0.3, 0.4) is 0 Å². The summed E-state index contributed by atoms with van der Waals surface area (Å²) in [6, 6.07) is 7.50. The first-order chi connectivity index (χ1) is 8.41. The summed E-state index contributed by atoms with van der Waals surface area (Å²) in [6.45, 7) is 5.84. The lowest BCUT2D eigenvalue weighted by Crippen LogP contribution is -2.47. The van der Waals surface area contributed by atoms with Crippen LogP contribution in [0.1, 0.15) is 20.8 Å². The molecule has 1 aromatic rings. The second-order valence-electron chi connectivity index (χ2n) is 5.03. The third kappa shape index (κ3) is 1.60. The van der Waals surface area contributed by atoms with Gasteiger partial charge in [0.05, 0.1) is 11.4 Å². The van der Waals surface area contributed by atoms with Crippen LogP contribution >= 0.6 is 0 Å². The fourth-order valence-electron chi connectivity index (χ4n) is 2.36. The SMILES string of the molecule is CCN1C(=O)C(C)(C)C(=O)N(C)c2ccccc21. The molecule has 2 amide bonds. The summed E-state index contributed by atoms with van der Waals surface area (Å²) in [5, 5.41) is 0. The number of nitrogens with zero attached hydrogens (tertiary/aromatic N) is 2. The molecule has 0 fully saturated rings. The van der Waals surface area contributed by atoms with Gasteiger partial charge in [0, 0.05) is 13.6 Å². The summed E-state index contributed by atoms with van der Waals surface area (Å²) >= 11 is 0. The van der Waals surface area contributed by atoms with E-state index in [9.17, 15) is 9.59 Å². The molecule has 0 aliphatic carbocycles. The number of para-hydroxylation sites is 2. The van der Waals surface area contributed by atoms with Crippen molar-refractivity contribution >= 4 is 23.2 Å². The lowest BCUT2D eigenvalue weighted by Gasteiger charge is -2.27. The van der Waals surface area contributed by atoms with Crippen LogP contribution in [0.25, 0.3) is 0 Å². The first kappa shape index (κ1) is 12.6. The minimum atomic E-state index is -1.02. The van der Waals surface area contributed by atoms with Crippen LogP contribution in [0.4, 0.5) is 11.4 Å². The molecule has 0 aromatic heterocycles. The van der Waals surface area contributed by atoms with Gasteiger partial charge in [-0.2, -0.15) is 0 Å². The number of hydrogen-bond acceptors (Lipinski definition) is 2. The molecule has 4 nitrogen and oxygen atoms in total. The maximum atomic E-state index is 12.5. The molecule has 18 heavy (non-hydrogen) atoms. The van der Waals surface area contributed by atoms with E-state index in [1.165, 1.54) is 0 Å². The zero-order chi connectivity index (χ0) is 13.5. The van der Waals surface area contributed by atoms with Crippen molar-refractivity contribution < 1.29 is 9.59 Å². The highest BCUT2D eigenvalue weighted by Crippen LogP contribution is 2.37. The summed E-state index contributed by atoms with van der Waals surface area (Å²) in [4.78, 5) is 28.1. The molecule has 0 bridgehead atoms. The Morgan fingerprint density at radius 3 is 2.17 bits per heavy atom. The quantitative estimate of drug-likeness (QED) is 0.711. The third-order valence-electron chi connectivity index (χ3n) is 3.47. The number of carbonyl (C=O) groups excluding carboxylic acids is 2. The zero-order valence-electron chi connectivity index (χ0n) is 11.2. The molecular weight excluding hydrogens is 228 g/mol. The van der Waals surface area contributed by atoms with Crippen molar-refractivity contribution in [3.63, 3.8) is 0 Å². The van der Waals surface area contributed by atoms with E-state index in [2.05, 4.69) is 0 Å². The first-order valence-electron chi connectivity index (χ1n) is 6.10. The van der Waals surface area contributed by atoms with E-state index >= 15 is 0 Å². The second-order valence-corrected chi connectivity index (χ2v) is 5.03. The molecule has 1 aliphatic rings. The van der Waals surface area contributed by atoms with Gasteiger partial charge >= 0.3 is 0 Å². The van der Waals surface area contributed by atoms with Crippen LogP contribution in [0.2, 0.25) is 0 Å². The van der Waals surface area contributed by atoms with E-state index in [4.69, 9.17) is 0 Å². The molecule has 96 valence electrons. The van der Waals surface area contributed by atoms with Crippen LogP contribution in [-0.4, -0.2) is 25.4 Å². The summed E-state index contributed by atoms with van der Waals surface area (Å²) in [5.41, 5.74) is 0.554. The minimum absolute atomic E-state index is 0.146. The minimum Gasteiger partial charge on any atom is -0.313 e. The fraction of sp³-hybridized carbons (Fsp3) is 0.429. The fourth-order valence-corrected chi connectivity index (χ4v) is 2.36. The smallest absolute Gasteiger partial charge is 0.242 e. The normalized spacial score (nSPS) is 18.7. The van der Waals surface area contributed by atoms with Gasteiger partial charge in [-0.1, -0.05) is 12.1 Å². The van der Waals surface area contributed by atoms with Gasteiger partial charge in [0.1, 0.15) is 5.41 Å². The summed E-state index contributed by atoms with van der Waals surface area (Å²) in [6.07, 6.45) is 0. The summed E-state index contributed by atoms with van der Waals surface area (Å²) < 4.78 is 0. The molecular formula is C14H18N2O2. The predicted molar refractivity (Wildman–Crippen MR) is 71.7 cm³/mol. The maximum Gasteiger partial charge on any atom is 0.242 e. The van der Waals surface area contributed by atoms with Crippen molar-refractivity contribution in [3.05, 3.63) is 24.3 Å². The summed E-state index contributed by atoms with van der Waals surface area (Å²) in [7, 11) is 1.72. The molecule has 0 saturated carbocycles. The van der Waals surface area contributed by atoms with E-state index in [-0.39, 0.29) is 11.8 Å². The Labute approximate surface area is 107 Å². The zero-order valence-corrected chi connectivity index (χ0v) is 11.2. The monoisotopic (exact) mass is 246 g/mol. The molecule has 1 aliphatic heterocycles. The van der Waals surface area contributed by atoms with Crippen LogP contribution < -0.4 is 9.80 Å². The Balaban J connectivity index is 2.68. The molecule has 0 N–H and O–H groups in total. The van der Waals surface area contributed by atoms with Crippen LogP contribution in [0.5, 0.6) is 0 Å². The Morgan fingerprint density at radius 1 is 1.06 bits per heavy atom. The van der Waals surface area contributed by atoms with Crippen LogP contribution in [-0.2, 0) is 9.59 Å². The van der Waals surface area contributed by atoms with Gasteiger partial charge in [0.25, 0.3) is 0 Å². The van der Waals surface area contributed by atoms with E-state index in [1.54, 1.807) is 30.7 Å². The van der Waals surface area contributed by atoms with Gasteiger partial charge in [-0.25, -0.2) is 0 Å². The number of benzene rings is 1. The molecule has 0 radical (unpaired) electrons. The van der Waals surface area contributed by atoms with Gasteiger partial charge in [0.15, 0.2) is 0 Å². The van der Waals surface area contributed by atoms with Gasteiger partial charge in [-0.3, -0.25) is 9.59 Å². The van der Waals surface area contributed by atoms with Crippen LogP contribution in [0, 0.1) is 5.41 Å². The van der Waals surface area contributed by atoms with E-state index in [1.807, 2.05) is 31.2 Å².